The molecule has 17 nitrogen and oxygen atoms in total. The summed E-state index contributed by atoms with van der Waals surface area (Å²) in [4.78, 5) is 71.9. The number of esters is 4. The molecule has 0 aromatic rings. The van der Waals surface area contributed by atoms with E-state index in [9.17, 15) is 43.2 Å². The number of carbonyl (C=O) groups is 4. The number of unbranched alkanes of at least 4 members (excludes halogenated alkanes) is 31. The van der Waals surface area contributed by atoms with Crippen LogP contribution in [-0.4, -0.2) is 96.7 Å². The zero-order valence-corrected chi connectivity index (χ0v) is 53.9. The molecule has 0 bridgehead atoms. The number of hydrogen-bond donors (Lipinski definition) is 3. The molecule has 19 heteroatoms. The van der Waals surface area contributed by atoms with Crippen LogP contribution in [0.3, 0.4) is 0 Å². The van der Waals surface area contributed by atoms with Crippen molar-refractivity contribution in [2.24, 2.45) is 11.8 Å². The standard InChI is InChI=1S/C62H120O17P2/c1-7-9-11-13-15-27-34-40-46-61(66)78-57(50-72-59(64)44-38-32-24-14-12-10-8-2)52-76-80(68,69)74-48-56(63)49-75-81(70,71)77-53-58(51-73-60(65)45-39-33-28-23-22-26-31-37-43-55(5)6)79-62(67)47-41-35-29-21-19-17-16-18-20-25-30-36-42-54(3)4/h54-58,63H,7-53H2,1-6H3,(H,68,69)(H,70,71)/t56-,57+,58+/m0/s1. The Bertz CT molecular complexity index is 1600. The highest BCUT2D eigenvalue weighted by Gasteiger charge is 2.30. The molecule has 0 aliphatic carbocycles. The third-order valence-corrected chi connectivity index (χ3v) is 16.1. The summed E-state index contributed by atoms with van der Waals surface area (Å²) in [5, 5.41) is 10.5. The van der Waals surface area contributed by atoms with Gasteiger partial charge < -0.3 is 33.8 Å². The van der Waals surface area contributed by atoms with Crippen LogP contribution >= 0.6 is 15.6 Å². The van der Waals surface area contributed by atoms with Crippen LogP contribution in [0.15, 0.2) is 0 Å². The van der Waals surface area contributed by atoms with E-state index in [1.807, 2.05) is 0 Å². The maximum absolute atomic E-state index is 13.0. The lowest BCUT2D eigenvalue weighted by molar-refractivity contribution is -0.161. The molecule has 0 saturated carbocycles. The van der Waals surface area contributed by atoms with Crippen molar-refractivity contribution in [2.75, 3.05) is 39.6 Å². The summed E-state index contributed by atoms with van der Waals surface area (Å²) in [6.07, 6.45) is 36.4. The number of rotatable bonds is 61. The molecule has 0 saturated heterocycles. The zero-order valence-electron chi connectivity index (χ0n) is 52.1. The van der Waals surface area contributed by atoms with E-state index < -0.39 is 97.5 Å². The summed E-state index contributed by atoms with van der Waals surface area (Å²) >= 11 is 0. The Hall–Kier alpha value is -1.94. The highest BCUT2D eigenvalue weighted by atomic mass is 31.2. The minimum atomic E-state index is -4.94. The molecule has 0 fully saturated rings. The van der Waals surface area contributed by atoms with Gasteiger partial charge in [-0.3, -0.25) is 37.3 Å². The Balaban J connectivity index is 5.20. The lowest BCUT2D eigenvalue weighted by Crippen LogP contribution is -2.30. The number of aliphatic hydroxyl groups is 1. The lowest BCUT2D eigenvalue weighted by Gasteiger charge is -2.21. The number of phosphoric acid groups is 2. The smallest absolute Gasteiger partial charge is 0.462 e. The predicted molar refractivity (Wildman–Crippen MR) is 321 cm³/mol. The summed E-state index contributed by atoms with van der Waals surface area (Å²) < 4.78 is 67.8. The molecule has 0 aromatic heterocycles. The van der Waals surface area contributed by atoms with Gasteiger partial charge in [-0.05, 0) is 37.5 Å². The van der Waals surface area contributed by atoms with Crippen molar-refractivity contribution in [3.8, 4) is 0 Å². The monoisotopic (exact) mass is 1200 g/mol. The molecule has 0 rings (SSSR count). The van der Waals surface area contributed by atoms with Crippen LogP contribution in [0.25, 0.3) is 0 Å². The van der Waals surface area contributed by atoms with Gasteiger partial charge in [0.1, 0.15) is 19.3 Å². The SMILES string of the molecule is CCCCCCCCCCC(=O)O[C@H](COC(=O)CCCCCCCCC)COP(=O)(O)OC[C@H](O)COP(=O)(O)OC[C@@H](COC(=O)CCCCCCCCCCC(C)C)OC(=O)CCCCCCCCCCCCCCC(C)C. The van der Waals surface area contributed by atoms with Crippen LogP contribution in [0, 0.1) is 11.8 Å². The molecular weight excluding hydrogens is 1080 g/mol. The van der Waals surface area contributed by atoms with Crippen molar-refractivity contribution in [1.82, 2.24) is 0 Å². The van der Waals surface area contributed by atoms with Gasteiger partial charge >= 0.3 is 39.5 Å². The van der Waals surface area contributed by atoms with Crippen LogP contribution < -0.4 is 0 Å². The molecule has 5 atom stereocenters. The number of aliphatic hydroxyl groups excluding tert-OH is 1. The summed E-state index contributed by atoms with van der Waals surface area (Å²) in [6, 6.07) is 0. The fraction of sp³-hybridized carbons (Fsp3) is 0.935. The molecule has 0 heterocycles. The summed E-state index contributed by atoms with van der Waals surface area (Å²) in [5.74, 6) is -0.640. The lowest BCUT2D eigenvalue weighted by atomic mass is 10.0. The first-order chi connectivity index (χ1) is 38.9. The van der Waals surface area contributed by atoms with Gasteiger partial charge in [0.05, 0.1) is 26.4 Å². The van der Waals surface area contributed by atoms with Gasteiger partial charge in [-0.2, -0.15) is 0 Å². The second kappa shape index (κ2) is 54.7. The molecule has 0 aromatic carbocycles. The maximum atomic E-state index is 13.0. The van der Waals surface area contributed by atoms with Gasteiger partial charge in [-0.1, -0.05) is 253 Å². The van der Waals surface area contributed by atoms with E-state index in [2.05, 4.69) is 41.5 Å². The Morgan fingerprint density at radius 1 is 0.333 bits per heavy atom. The van der Waals surface area contributed by atoms with E-state index in [4.69, 9.17) is 37.0 Å². The van der Waals surface area contributed by atoms with Gasteiger partial charge in [-0.25, -0.2) is 9.13 Å². The predicted octanol–water partition coefficient (Wildman–Crippen LogP) is 16.9. The molecule has 0 amide bonds. The molecular formula is C62H120O17P2. The minimum absolute atomic E-state index is 0.104. The average Bonchev–Trinajstić information content (AvgIpc) is 3.42. The van der Waals surface area contributed by atoms with Crippen LogP contribution in [0.5, 0.6) is 0 Å². The van der Waals surface area contributed by atoms with Crippen LogP contribution in [0.4, 0.5) is 0 Å². The average molecular weight is 1200 g/mol. The minimum Gasteiger partial charge on any atom is -0.462 e. The van der Waals surface area contributed by atoms with Crippen LogP contribution in [0.2, 0.25) is 0 Å². The quantitative estimate of drug-likeness (QED) is 0.0222. The topological polar surface area (TPSA) is 237 Å². The Kier molecular flexibility index (Phi) is 53.4. The maximum Gasteiger partial charge on any atom is 0.472 e. The first kappa shape index (κ1) is 79.1. The van der Waals surface area contributed by atoms with Gasteiger partial charge in [0.2, 0.25) is 0 Å². The number of ether oxygens (including phenoxy) is 4. The largest absolute Gasteiger partial charge is 0.472 e. The van der Waals surface area contributed by atoms with Gasteiger partial charge in [0.25, 0.3) is 0 Å². The van der Waals surface area contributed by atoms with E-state index in [1.54, 1.807) is 0 Å². The third-order valence-electron chi connectivity index (χ3n) is 14.2. The fourth-order valence-corrected chi connectivity index (χ4v) is 10.8. The number of carbonyl (C=O) groups excluding carboxylic acids is 4. The van der Waals surface area contributed by atoms with Crippen LogP contribution in [-0.2, 0) is 65.4 Å². The normalized spacial score (nSPS) is 14.4. The van der Waals surface area contributed by atoms with Gasteiger partial charge in [0.15, 0.2) is 12.2 Å². The van der Waals surface area contributed by atoms with E-state index in [-0.39, 0.29) is 25.7 Å². The molecule has 0 aliphatic rings. The molecule has 480 valence electrons. The number of phosphoric ester groups is 2. The first-order valence-electron chi connectivity index (χ1n) is 32.5. The van der Waals surface area contributed by atoms with Crippen molar-refractivity contribution in [3.63, 3.8) is 0 Å². The molecule has 0 radical (unpaired) electrons. The summed E-state index contributed by atoms with van der Waals surface area (Å²) in [6.45, 7) is 9.39. The van der Waals surface area contributed by atoms with Crippen molar-refractivity contribution >= 4 is 39.5 Å². The van der Waals surface area contributed by atoms with Gasteiger partial charge in [-0.15, -0.1) is 0 Å². The van der Waals surface area contributed by atoms with Gasteiger partial charge in [0, 0.05) is 25.7 Å². The van der Waals surface area contributed by atoms with E-state index in [0.29, 0.717) is 25.7 Å². The highest BCUT2D eigenvalue weighted by Crippen LogP contribution is 2.45. The number of hydrogen-bond acceptors (Lipinski definition) is 15. The Morgan fingerprint density at radius 2 is 0.568 bits per heavy atom. The second-order valence-electron chi connectivity index (χ2n) is 23.4. The van der Waals surface area contributed by atoms with E-state index in [0.717, 1.165) is 121 Å². The molecule has 0 aliphatic heterocycles. The highest BCUT2D eigenvalue weighted by molar-refractivity contribution is 7.47. The Morgan fingerprint density at radius 3 is 0.840 bits per heavy atom. The fourth-order valence-electron chi connectivity index (χ4n) is 9.18. The van der Waals surface area contributed by atoms with Crippen LogP contribution in [0.1, 0.15) is 305 Å². The molecule has 81 heavy (non-hydrogen) atoms. The Labute approximate surface area is 492 Å². The first-order valence-corrected chi connectivity index (χ1v) is 35.5. The summed E-state index contributed by atoms with van der Waals surface area (Å²) in [5.41, 5.74) is 0. The second-order valence-corrected chi connectivity index (χ2v) is 26.3. The van der Waals surface area contributed by atoms with E-state index >= 15 is 0 Å². The molecule has 3 N–H and O–H groups in total. The van der Waals surface area contributed by atoms with Crippen molar-refractivity contribution < 1.29 is 80.2 Å². The summed E-state index contributed by atoms with van der Waals surface area (Å²) in [7, 11) is -9.88. The third kappa shape index (κ3) is 56.9. The van der Waals surface area contributed by atoms with Crippen molar-refractivity contribution in [2.45, 2.75) is 323 Å². The molecule has 2 unspecified atom stereocenters. The van der Waals surface area contributed by atoms with E-state index in [1.165, 1.54) is 103 Å². The van der Waals surface area contributed by atoms with Crippen molar-refractivity contribution in [3.05, 3.63) is 0 Å². The van der Waals surface area contributed by atoms with Crippen molar-refractivity contribution in [1.29, 1.82) is 0 Å². The zero-order chi connectivity index (χ0) is 60.1. The molecule has 0 spiro atoms.